The summed E-state index contributed by atoms with van der Waals surface area (Å²) in [4.78, 5) is 19.9. The van der Waals surface area contributed by atoms with Crippen molar-refractivity contribution in [3.05, 3.63) is 28.8 Å². The molecule has 7 nitrogen and oxygen atoms in total. The molecule has 1 heterocycles. The van der Waals surface area contributed by atoms with Crippen LogP contribution in [0.25, 0.3) is 0 Å². The lowest BCUT2D eigenvalue weighted by molar-refractivity contribution is -0.356. The zero-order valence-electron chi connectivity index (χ0n) is 22.7. The summed E-state index contributed by atoms with van der Waals surface area (Å²) in [6.45, 7) is 6.03. The number of fused-ring (bicyclic) bond motifs is 1. The van der Waals surface area contributed by atoms with Crippen LogP contribution in [0.5, 0.6) is 5.75 Å². The van der Waals surface area contributed by atoms with Gasteiger partial charge in [0.2, 0.25) is 6.41 Å². The lowest BCUT2D eigenvalue weighted by Gasteiger charge is -2.34. The molecular weight excluding hydrogens is 525 g/mol. The minimum atomic E-state index is -4.57. The standard InChI is InChI=1S/C10H11ClO.C8H16N2O.C7H9F3O3.C2H6/c1-7-2-3-8-6-9(11)4-5-10(8)12-7;1-9-7-2-4-8(5-3-7)10-6-11;8-7(9,10)13-6-3-5(4-6)12-2-1-11;1-2/h4-7H,2-3H2,1H3;6-9H,2-5H2,1H3,(H,10,11);1,5-6H,2-4H2;1-2H3/t7-;;;/m0.../s1. The number of aryl methyl sites for hydroxylation is 1. The van der Waals surface area contributed by atoms with Crippen LogP contribution in [-0.4, -0.2) is 63.1 Å². The molecule has 38 heavy (non-hydrogen) atoms. The summed E-state index contributed by atoms with van der Waals surface area (Å²) in [5.41, 5.74) is 1.24. The van der Waals surface area contributed by atoms with Gasteiger partial charge in [0, 0.05) is 29.9 Å². The molecule has 1 aliphatic heterocycles. The van der Waals surface area contributed by atoms with Gasteiger partial charge in [0.25, 0.3) is 0 Å². The fourth-order valence-electron chi connectivity index (χ4n) is 4.25. The van der Waals surface area contributed by atoms with Crippen molar-refractivity contribution in [1.29, 1.82) is 0 Å². The van der Waals surface area contributed by atoms with Crippen molar-refractivity contribution in [3.63, 3.8) is 0 Å². The molecule has 0 radical (unpaired) electrons. The van der Waals surface area contributed by atoms with Crippen molar-refractivity contribution in [2.24, 2.45) is 0 Å². The van der Waals surface area contributed by atoms with Crippen LogP contribution in [0.3, 0.4) is 0 Å². The van der Waals surface area contributed by atoms with Gasteiger partial charge in [0.15, 0.2) is 0 Å². The number of halogens is 4. The molecule has 218 valence electrons. The van der Waals surface area contributed by atoms with E-state index >= 15 is 0 Å². The van der Waals surface area contributed by atoms with E-state index in [9.17, 15) is 22.8 Å². The highest BCUT2D eigenvalue weighted by atomic mass is 35.5. The number of carbonyl (C=O) groups excluding carboxylic acids is 2. The minimum absolute atomic E-state index is 0.0661. The Morgan fingerprint density at radius 3 is 2.24 bits per heavy atom. The quantitative estimate of drug-likeness (QED) is 0.417. The number of aldehydes is 1. The third-order valence-electron chi connectivity index (χ3n) is 6.36. The first-order valence-corrected chi connectivity index (χ1v) is 13.6. The van der Waals surface area contributed by atoms with Gasteiger partial charge < -0.3 is 24.9 Å². The molecule has 3 aliphatic rings. The van der Waals surface area contributed by atoms with Gasteiger partial charge in [-0.15, -0.1) is 13.2 Å². The summed E-state index contributed by atoms with van der Waals surface area (Å²) in [7, 11) is 2.00. The predicted molar refractivity (Wildman–Crippen MR) is 141 cm³/mol. The highest BCUT2D eigenvalue weighted by Crippen LogP contribution is 2.32. The van der Waals surface area contributed by atoms with Crippen molar-refractivity contribution in [2.45, 2.75) is 109 Å². The largest absolute Gasteiger partial charge is 0.522 e. The van der Waals surface area contributed by atoms with Crippen molar-refractivity contribution < 1.29 is 37.0 Å². The Hall–Kier alpha value is -1.88. The number of hydrogen-bond donors (Lipinski definition) is 2. The molecule has 0 saturated heterocycles. The van der Waals surface area contributed by atoms with Crippen LogP contribution in [0.2, 0.25) is 5.02 Å². The Labute approximate surface area is 229 Å². The Morgan fingerprint density at radius 2 is 1.68 bits per heavy atom. The van der Waals surface area contributed by atoms with E-state index in [0.717, 1.165) is 42.9 Å². The highest BCUT2D eigenvalue weighted by Gasteiger charge is 2.40. The maximum Gasteiger partial charge on any atom is 0.522 e. The molecule has 0 bridgehead atoms. The molecule has 2 N–H and O–H groups in total. The Bertz CT molecular complexity index is 801. The monoisotopic (exact) mass is 566 g/mol. The zero-order chi connectivity index (χ0) is 28.6. The molecule has 0 aromatic heterocycles. The summed E-state index contributed by atoms with van der Waals surface area (Å²) >= 11 is 5.86. The van der Waals surface area contributed by atoms with Gasteiger partial charge in [0.05, 0.1) is 18.3 Å². The second kappa shape index (κ2) is 18.4. The molecule has 2 aliphatic carbocycles. The van der Waals surface area contributed by atoms with Crippen LogP contribution >= 0.6 is 11.6 Å². The van der Waals surface area contributed by atoms with E-state index in [-0.39, 0.29) is 25.6 Å². The Morgan fingerprint density at radius 1 is 1.05 bits per heavy atom. The first-order chi connectivity index (χ1) is 18.1. The maximum atomic E-state index is 11.6. The van der Waals surface area contributed by atoms with Gasteiger partial charge in [-0.3, -0.25) is 9.53 Å². The lowest BCUT2D eigenvalue weighted by atomic mass is 9.91. The molecule has 4 rings (SSSR count). The number of amides is 1. The summed E-state index contributed by atoms with van der Waals surface area (Å²) in [5.74, 6) is 0.998. The van der Waals surface area contributed by atoms with E-state index in [0.29, 0.717) is 24.5 Å². The number of benzene rings is 1. The van der Waals surface area contributed by atoms with Crippen molar-refractivity contribution in [2.75, 3.05) is 13.7 Å². The summed E-state index contributed by atoms with van der Waals surface area (Å²) in [5, 5.41) is 6.87. The second-order valence-electron chi connectivity index (χ2n) is 9.12. The molecule has 2 saturated carbocycles. The molecule has 0 unspecified atom stereocenters. The smallest absolute Gasteiger partial charge is 0.490 e. The number of rotatable bonds is 7. The van der Waals surface area contributed by atoms with Crippen LogP contribution < -0.4 is 15.4 Å². The first kappa shape index (κ1) is 34.1. The second-order valence-corrected chi connectivity index (χ2v) is 9.56. The van der Waals surface area contributed by atoms with E-state index in [2.05, 4.69) is 22.3 Å². The van der Waals surface area contributed by atoms with Gasteiger partial charge in [-0.05, 0) is 76.3 Å². The van der Waals surface area contributed by atoms with Gasteiger partial charge in [-0.25, -0.2) is 0 Å². The van der Waals surface area contributed by atoms with Crippen LogP contribution in [0, 0.1) is 0 Å². The van der Waals surface area contributed by atoms with Crippen molar-refractivity contribution in [3.8, 4) is 5.75 Å². The van der Waals surface area contributed by atoms with E-state index in [4.69, 9.17) is 21.1 Å². The van der Waals surface area contributed by atoms with Crippen molar-refractivity contribution in [1.82, 2.24) is 10.6 Å². The number of ether oxygens (including phenoxy) is 3. The first-order valence-electron chi connectivity index (χ1n) is 13.2. The van der Waals surface area contributed by atoms with Gasteiger partial charge >= 0.3 is 6.36 Å². The minimum Gasteiger partial charge on any atom is -0.490 e. The van der Waals surface area contributed by atoms with Gasteiger partial charge in [-0.1, -0.05) is 25.4 Å². The topological polar surface area (TPSA) is 85.9 Å². The van der Waals surface area contributed by atoms with E-state index in [1.54, 1.807) is 0 Å². The number of hydrogen-bond acceptors (Lipinski definition) is 6. The third-order valence-corrected chi connectivity index (χ3v) is 6.60. The highest BCUT2D eigenvalue weighted by molar-refractivity contribution is 6.30. The molecule has 2 fully saturated rings. The molecule has 11 heteroatoms. The average molecular weight is 567 g/mol. The molecular formula is C27H42ClF3N2O5. The van der Waals surface area contributed by atoms with Crippen molar-refractivity contribution >= 4 is 24.3 Å². The van der Waals surface area contributed by atoms with Gasteiger partial charge in [0.1, 0.15) is 18.6 Å². The maximum absolute atomic E-state index is 11.6. The van der Waals surface area contributed by atoms with Crippen LogP contribution in [-0.2, 0) is 25.5 Å². The van der Waals surface area contributed by atoms with Crippen LogP contribution in [0.15, 0.2) is 18.2 Å². The van der Waals surface area contributed by atoms with E-state index in [1.807, 2.05) is 39.1 Å². The number of carbonyl (C=O) groups is 2. The van der Waals surface area contributed by atoms with E-state index in [1.165, 1.54) is 18.4 Å². The summed E-state index contributed by atoms with van der Waals surface area (Å²) in [6.07, 6.45) is 3.25. The fourth-order valence-corrected chi connectivity index (χ4v) is 4.45. The molecule has 1 amide bonds. The van der Waals surface area contributed by atoms with Crippen LogP contribution in [0.1, 0.15) is 71.3 Å². The Balaban J connectivity index is 0.000000276. The predicted octanol–water partition coefficient (Wildman–Crippen LogP) is 5.61. The van der Waals surface area contributed by atoms with E-state index < -0.39 is 12.5 Å². The average Bonchev–Trinajstić information content (AvgIpc) is 2.87. The molecule has 1 atom stereocenters. The van der Waals surface area contributed by atoms with Crippen LogP contribution in [0.4, 0.5) is 13.2 Å². The SMILES string of the molecule is CC.CNC1CCC(NC=O)CC1.C[C@H]1CCc2cc(Cl)ccc2O1.O=CCOC1CC(OC(F)(F)F)C1. The lowest BCUT2D eigenvalue weighted by Crippen LogP contribution is -2.40. The van der Waals surface area contributed by atoms with Gasteiger partial charge in [-0.2, -0.15) is 0 Å². The fraction of sp³-hybridized carbons (Fsp3) is 0.704. The number of nitrogens with one attached hydrogen (secondary N) is 2. The third kappa shape index (κ3) is 13.8. The number of alkyl halides is 3. The summed E-state index contributed by atoms with van der Waals surface area (Å²) in [6, 6.07) is 6.91. The molecule has 1 aromatic rings. The zero-order valence-corrected chi connectivity index (χ0v) is 23.4. The molecule has 0 spiro atoms. The molecule has 1 aromatic carbocycles. The summed E-state index contributed by atoms with van der Waals surface area (Å²) < 4.78 is 49.0. The normalized spacial score (nSPS) is 25.6. The Kier molecular flexibility index (Phi) is 16.5.